The summed E-state index contributed by atoms with van der Waals surface area (Å²) in [6.45, 7) is 2.64. The summed E-state index contributed by atoms with van der Waals surface area (Å²) in [5.41, 5.74) is 0. The van der Waals surface area contributed by atoms with Crippen LogP contribution in [0.4, 0.5) is 0 Å². The van der Waals surface area contributed by atoms with Gasteiger partial charge in [-0.3, -0.25) is 12.6 Å². The van der Waals surface area contributed by atoms with Crippen molar-refractivity contribution in [3.05, 3.63) is 0 Å². The van der Waals surface area contributed by atoms with Gasteiger partial charge in [0.25, 0.3) is 0 Å². The molecule has 2 nitrogen and oxygen atoms in total. The zero-order chi connectivity index (χ0) is 5.41. The number of hydrogen-bond donors (Lipinski definition) is 0. The molecule has 0 aliphatic carbocycles. The molecule has 0 heterocycles. The molecule has 0 saturated heterocycles. The molecule has 7 heavy (non-hydrogen) atoms. The van der Waals surface area contributed by atoms with Gasteiger partial charge in [0.15, 0.2) is 0 Å². The van der Waals surface area contributed by atoms with Crippen LogP contribution in [0.3, 0.4) is 0 Å². The van der Waals surface area contributed by atoms with Crippen LogP contribution in [0.5, 0.6) is 0 Å². The molecule has 0 rings (SSSR count). The van der Waals surface area contributed by atoms with Gasteiger partial charge in [0, 0.05) is 0 Å². The minimum atomic E-state index is 0. The molecule has 3 heteroatoms. The Morgan fingerprint density at radius 3 is 1.00 bits per heavy atom. The van der Waals surface area contributed by atoms with Crippen molar-refractivity contribution in [1.82, 2.24) is 0 Å². The molecule has 0 amide bonds. The van der Waals surface area contributed by atoms with E-state index in [0.717, 1.165) is 0 Å². The van der Waals surface area contributed by atoms with Crippen molar-refractivity contribution in [2.24, 2.45) is 0 Å². The maximum atomic E-state index is 8.68. The Labute approximate surface area is 56.0 Å². The molecule has 0 unspecified atom stereocenters. The standard InChI is InChI=1S/2C2H3O.Zn/c2*1-2-3;/h2*1H3;/q2*-1;+2. The van der Waals surface area contributed by atoms with Crippen LogP contribution in [0, 0.1) is 0 Å². The molecule has 0 spiro atoms. The maximum Gasteiger partial charge on any atom is 2.00 e. The minimum absolute atomic E-state index is 0. The number of rotatable bonds is 0. The Hall–Kier alpha value is -0.0366. The summed E-state index contributed by atoms with van der Waals surface area (Å²) in [5, 5.41) is 0. The van der Waals surface area contributed by atoms with Gasteiger partial charge in [-0.15, -0.1) is 0 Å². The van der Waals surface area contributed by atoms with Gasteiger partial charge in [-0.2, -0.15) is 13.8 Å². The predicted octanol–water partition coefficient (Wildman–Crippen LogP) is 0.230. The van der Waals surface area contributed by atoms with E-state index in [2.05, 4.69) is 0 Å². The zero-order valence-electron chi connectivity index (χ0n) is 4.52. The van der Waals surface area contributed by atoms with Gasteiger partial charge in [0.1, 0.15) is 0 Å². The summed E-state index contributed by atoms with van der Waals surface area (Å²) in [6.07, 6.45) is 3.00. The Morgan fingerprint density at radius 1 is 1.00 bits per heavy atom. The Bertz CT molecular complexity index is 30.7. The van der Waals surface area contributed by atoms with Crippen molar-refractivity contribution in [3.63, 3.8) is 0 Å². The van der Waals surface area contributed by atoms with Crippen molar-refractivity contribution >= 4 is 12.6 Å². The zero-order valence-corrected chi connectivity index (χ0v) is 7.49. The number of carbonyl (C=O) groups excluding carboxylic acids is 2. The second-order valence-electron chi connectivity index (χ2n) is 0.408. The van der Waals surface area contributed by atoms with Crippen LogP contribution in [-0.4, -0.2) is 12.6 Å². The molecule has 0 aromatic carbocycles. The summed E-state index contributed by atoms with van der Waals surface area (Å²) in [7, 11) is 0. The summed E-state index contributed by atoms with van der Waals surface area (Å²) in [5.74, 6) is 0. The first kappa shape index (κ1) is 15.8. The molecule has 0 aliphatic rings. The Balaban J connectivity index is -0.0000000400. The largest absolute Gasteiger partial charge is 2.00 e. The summed E-state index contributed by atoms with van der Waals surface area (Å²) in [6, 6.07) is 0. The van der Waals surface area contributed by atoms with E-state index in [4.69, 9.17) is 9.59 Å². The van der Waals surface area contributed by atoms with Gasteiger partial charge < -0.3 is 9.59 Å². The van der Waals surface area contributed by atoms with Crippen LogP contribution < -0.4 is 0 Å². The Morgan fingerprint density at radius 2 is 1.00 bits per heavy atom. The predicted molar refractivity (Wildman–Crippen MR) is 22.7 cm³/mol. The van der Waals surface area contributed by atoms with Crippen molar-refractivity contribution < 1.29 is 29.1 Å². The normalized spacial score (nSPS) is 3.71. The van der Waals surface area contributed by atoms with Gasteiger partial charge in [0.2, 0.25) is 0 Å². The molecular formula is C4H6O2Zn. The summed E-state index contributed by atoms with van der Waals surface area (Å²) < 4.78 is 0. The molecule has 0 aliphatic heterocycles. The molecule has 0 fully saturated rings. The van der Waals surface area contributed by atoms with Crippen LogP contribution in [0.25, 0.3) is 0 Å². The average molecular weight is 151 g/mol. The van der Waals surface area contributed by atoms with Gasteiger partial charge >= 0.3 is 19.5 Å². The van der Waals surface area contributed by atoms with E-state index in [1.54, 1.807) is 0 Å². The van der Waals surface area contributed by atoms with Gasteiger partial charge in [-0.1, -0.05) is 0 Å². The van der Waals surface area contributed by atoms with Gasteiger partial charge in [0.05, 0.1) is 0 Å². The monoisotopic (exact) mass is 150 g/mol. The molecular weight excluding hydrogens is 145 g/mol. The Kier molecular flexibility index (Phi) is 85.8. The fraction of sp³-hybridized carbons (Fsp3) is 0.500. The molecule has 36 valence electrons. The van der Waals surface area contributed by atoms with Crippen molar-refractivity contribution in [2.45, 2.75) is 13.8 Å². The van der Waals surface area contributed by atoms with E-state index in [0.29, 0.717) is 0 Å². The second kappa shape index (κ2) is 38.1. The first-order valence-electron chi connectivity index (χ1n) is 1.41. The van der Waals surface area contributed by atoms with Crippen LogP contribution in [0.15, 0.2) is 0 Å². The van der Waals surface area contributed by atoms with Crippen LogP contribution >= 0.6 is 0 Å². The second-order valence-corrected chi connectivity index (χ2v) is 0.408. The van der Waals surface area contributed by atoms with E-state index in [9.17, 15) is 0 Å². The van der Waals surface area contributed by atoms with E-state index < -0.39 is 0 Å². The van der Waals surface area contributed by atoms with Crippen molar-refractivity contribution in [3.8, 4) is 0 Å². The first-order valence-corrected chi connectivity index (χ1v) is 1.41. The number of hydrogen-bond acceptors (Lipinski definition) is 2. The fourth-order valence-electron chi connectivity index (χ4n) is 0. The fourth-order valence-corrected chi connectivity index (χ4v) is 0. The quantitative estimate of drug-likeness (QED) is 0.367. The third kappa shape index (κ3) is 69800. The van der Waals surface area contributed by atoms with Crippen LogP contribution in [0.2, 0.25) is 0 Å². The van der Waals surface area contributed by atoms with E-state index in [1.807, 2.05) is 0 Å². The van der Waals surface area contributed by atoms with Crippen LogP contribution in [0.1, 0.15) is 13.8 Å². The summed E-state index contributed by atoms with van der Waals surface area (Å²) >= 11 is 0. The third-order valence-corrected chi connectivity index (χ3v) is 0. The van der Waals surface area contributed by atoms with E-state index in [-0.39, 0.29) is 19.5 Å². The minimum Gasteiger partial charge on any atom is -0.542 e. The van der Waals surface area contributed by atoms with Crippen molar-refractivity contribution in [1.29, 1.82) is 0 Å². The smallest absolute Gasteiger partial charge is 0.542 e. The van der Waals surface area contributed by atoms with E-state index in [1.165, 1.54) is 26.4 Å². The van der Waals surface area contributed by atoms with Crippen molar-refractivity contribution in [2.75, 3.05) is 0 Å². The molecule has 0 aromatic heterocycles. The molecule has 0 aromatic rings. The first-order chi connectivity index (χ1) is 2.83. The topological polar surface area (TPSA) is 34.1 Å². The molecule has 0 radical (unpaired) electrons. The molecule has 0 N–H and O–H groups in total. The van der Waals surface area contributed by atoms with Gasteiger partial charge in [-0.05, 0) is 0 Å². The SMILES string of the molecule is C[C-]=O.C[C-]=O.[Zn+2]. The third-order valence-electron chi connectivity index (χ3n) is 0. The molecule has 0 atom stereocenters. The average Bonchev–Trinajstić information content (AvgIpc) is 1.39. The summed E-state index contributed by atoms with van der Waals surface area (Å²) in [4.78, 5) is 17.4. The molecule has 0 saturated carbocycles. The maximum absolute atomic E-state index is 8.68. The van der Waals surface area contributed by atoms with Gasteiger partial charge in [-0.25, -0.2) is 0 Å². The van der Waals surface area contributed by atoms with E-state index >= 15 is 0 Å². The van der Waals surface area contributed by atoms with Crippen LogP contribution in [-0.2, 0) is 29.1 Å². The molecule has 0 bridgehead atoms.